The molecule has 0 aromatic heterocycles. The molecule has 17 atom stereocenters. The third kappa shape index (κ3) is 20.8. The Morgan fingerprint density at radius 1 is 0.613 bits per heavy atom. The van der Waals surface area contributed by atoms with Crippen molar-refractivity contribution in [1.29, 1.82) is 0 Å². The fourth-order valence-corrected chi connectivity index (χ4v) is 7.46. The number of unbranched alkanes of at least 4 members (excludes halogenated alkanes) is 1. The van der Waals surface area contributed by atoms with Crippen LogP contribution in [0.3, 0.4) is 0 Å². The zero-order chi connectivity index (χ0) is 57.0. The number of ether oxygens (including phenoxy) is 4. The van der Waals surface area contributed by atoms with E-state index in [-0.39, 0.29) is 32.2 Å². The number of aliphatic hydroxyl groups is 5. The number of rotatable bonds is 30. The van der Waals surface area contributed by atoms with Crippen molar-refractivity contribution in [3.8, 4) is 0 Å². The van der Waals surface area contributed by atoms with Gasteiger partial charge in [-0.1, -0.05) is 0 Å². The number of hydrogen-bond donors (Lipinski definition) is 17. The van der Waals surface area contributed by atoms with E-state index in [1.54, 1.807) is 0 Å². The second kappa shape index (κ2) is 31.0. The maximum atomic E-state index is 13.6. The minimum Gasteiger partial charge on any atom is -0.480 e. The number of nitrogens with one attached hydrogen (secondary N) is 8. The smallest absolute Gasteiger partial charge is 0.325 e. The maximum Gasteiger partial charge on any atom is 0.325 e. The van der Waals surface area contributed by atoms with Crippen molar-refractivity contribution in [2.24, 2.45) is 17.2 Å². The Labute approximate surface area is 429 Å². The van der Waals surface area contributed by atoms with Crippen molar-refractivity contribution in [1.82, 2.24) is 42.5 Å². The molecule has 0 aromatic rings. The van der Waals surface area contributed by atoms with Gasteiger partial charge in [0.1, 0.15) is 85.0 Å². The molecule has 10 amide bonds. The van der Waals surface area contributed by atoms with E-state index >= 15 is 0 Å². The fourth-order valence-electron chi connectivity index (χ4n) is 7.46. The molecule has 0 bridgehead atoms. The number of amides is 10. The van der Waals surface area contributed by atoms with Crippen LogP contribution in [0.1, 0.15) is 80.1 Å². The maximum absolute atomic E-state index is 13.6. The van der Waals surface area contributed by atoms with Gasteiger partial charge >= 0.3 is 5.97 Å². The summed E-state index contributed by atoms with van der Waals surface area (Å²) in [4.78, 5) is 137. The summed E-state index contributed by atoms with van der Waals surface area (Å²) in [5.74, 6) is -9.94. The van der Waals surface area contributed by atoms with Crippen molar-refractivity contribution in [3.05, 3.63) is 0 Å². The molecule has 2 fully saturated rings. The SMILES string of the molecule is CC(=O)NC1C(OC2C(CO)OC(O)C(NC(C)=O)C2OC(C)C(=O)NC(C)C(=O)NC(CCC(=O)NC(CCCCNC(=O)CC(N)C(N)=O)C(=O)NC(C)C(=O)NC(C)C(=O)O)C(N)=O)OC(CO)C(O)C1O. The number of aliphatic carboxylic acids is 1. The summed E-state index contributed by atoms with van der Waals surface area (Å²) in [6.45, 7) is 5.33. The summed E-state index contributed by atoms with van der Waals surface area (Å²) in [6, 6.07) is -11.2. The molecular formula is C43H73N11O21. The molecule has 32 heteroatoms. The Morgan fingerprint density at radius 2 is 1.17 bits per heavy atom. The van der Waals surface area contributed by atoms with Gasteiger partial charge in [-0.15, -0.1) is 0 Å². The molecular weight excluding hydrogens is 1010 g/mol. The Morgan fingerprint density at radius 3 is 1.72 bits per heavy atom. The number of carbonyl (C=O) groups is 11. The zero-order valence-electron chi connectivity index (χ0n) is 42.2. The monoisotopic (exact) mass is 1080 g/mol. The first-order valence-corrected chi connectivity index (χ1v) is 23.8. The molecule has 426 valence electrons. The first-order chi connectivity index (χ1) is 35.0. The van der Waals surface area contributed by atoms with Gasteiger partial charge in [0.05, 0.1) is 25.7 Å². The van der Waals surface area contributed by atoms with Crippen molar-refractivity contribution >= 4 is 65.0 Å². The van der Waals surface area contributed by atoms with E-state index in [0.29, 0.717) is 0 Å². The van der Waals surface area contributed by atoms with Gasteiger partial charge in [0.2, 0.25) is 59.1 Å². The van der Waals surface area contributed by atoms with Crippen LogP contribution in [0.5, 0.6) is 0 Å². The number of carboxylic acid groups (broad SMARTS) is 1. The number of hydrogen-bond acceptors (Lipinski definition) is 21. The van der Waals surface area contributed by atoms with Crippen LogP contribution in [-0.4, -0.2) is 219 Å². The lowest BCUT2D eigenvalue weighted by Gasteiger charge is -2.48. The minimum absolute atomic E-state index is 0.0636. The molecule has 17 unspecified atom stereocenters. The Balaban J connectivity index is 2.20. The number of carbonyl (C=O) groups excluding carboxylic acids is 10. The third-order valence-electron chi connectivity index (χ3n) is 11.7. The van der Waals surface area contributed by atoms with E-state index < -0.39 is 195 Å². The largest absolute Gasteiger partial charge is 0.480 e. The quantitative estimate of drug-likeness (QED) is 0.0297. The average Bonchev–Trinajstić information content (AvgIpc) is 3.32. The first kappa shape index (κ1) is 64.9. The van der Waals surface area contributed by atoms with Crippen LogP contribution in [0.25, 0.3) is 0 Å². The van der Waals surface area contributed by atoms with Crippen molar-refractivity contribution in [2.45, 2.75) is 184 Å². The highest BCUT2D eigenvalue weighted by molar-refractivity contribution is 5.94. The van der Waals surface area contributed by atoms with Crippen molar-refractivity contribution in [3.63, 3.8) is 0 Å². The second-order valence-electron chi connectivity index (χ2n) is 18.0. The molecule has 2 aliphatic heterocycles. The van der Waals surface area contributed by atoms with Gasteiger partial charge < -0.3 is 109 Å². The molecule has 75 heavy (non-hydrogen) atoms. The first-order valence-electron chi connectivity index (χ1n) is 23.8. The summed E-state index contributed by atoms with van der Waals surface area (Å²) in [7, 11) is 0. The third-order valence-corrected chi connectivity index (χ3v) is 11.7. The number of aliphatic hydroxyl groups excluding tert-OH is 5. The standard InChI is InChI=1S/C43H73N11O21/c1-16(37(65)50-18(3)41(69)70)49-40(68)24(9-7-8-12-47-28(60)13-22(44)35(45)63)53-27(59)11-10-23(36(46)64)54-38(66)17(2)48-39(67)19(4)72-34-30(52-21(6)58)42(71)73-26(15-56)33(34)75-43-29(51-20(5)57)32(62)31(61)25(14-55)74-43/h16-19,22-26,29-34,42-43,55-56,61-62,71H,7-15,44H2,1-6H3,(H2,45,63)(H2,46,64)(H,47,60)(H,48,67)(H,49,68)(H,50,65)(H,51,57)(H,52,58)(H,53,59)(H,54,66)(H,69,70). The summed E-state index contributed by atoms with van der Waals surface area (Å²) < 4.78 is 23.2. The molecule has 0 spiro atoms. The second-order valence-corrected chi connectivity index (χ2v) is 18.0. The molecule has 2 rings (SSSR count). The van der Waals surface area contributed by atoms with Gasteiger partial charge in [-0.3, -0.25) is 52.7 Å². The van der Waals surface area contributed by atoms with E-state index in [0.717, 1.165) is 13.8 Å². The summed E-state index contributed by atoms with van der Waals surface area (Å²) in [5, 5.41) is 80.5. The molecule has 0 aromatic carbocycles. The molecule has 2 aliphatic rings. The lowest BCUT2D eigenvalue weighted by atomic mass is 9.94. The van der Waals surface area contributed by atoms with Crippen LogP contribution in [-0.2, 0) is 71.7 Å². The van der Waals surface area contributed by atoms with E-state index in [9.17, 15) is 78.3 Å². The van der Waals surface area contributed by atoms with Crippen LogP contribution in [0.4, 0.5) is 0 Å². The average molecular weight is 1080 g/mol. The molecule has 20 N–H and O–H groups in total. The highest BCUT2D eigenvalue weighted by atomic mass is 16.7. The Kier molecular flexibility index (Phi) is 26.8. The normalized spacial score (nSPS) is 26.2. The highest BCUT2D eigenvalue weighted by Gasteiger charge is 2.53. The summed E-state index contributed by atoms with van der Waals surface area (Å²) in [5.41, 5.74) is 16.1. The van der Waals surface area contributed by atoms with Crippen molar-refractivity contribution in [2.75, 3.05) is 19.8 Å². The summed E-state index contributed by atoms with van der Waals surface area (Å²) >= 11 is 0. The van der Waals surface area contributed by atoms with Crippen LogP contribution in [0.15, 0.2) is 0 Å². The van der Waals surface area contributed by atoms with Crippen molar-refractivity contribution < 1.29 is 102 Å². The van der Waals surface area contributed by atoms with Gasteiger partial charge in [0, 0.05) is 26.8 Å². The van der Waals surface area contributed by atoms with Gasteiger partial charge in [0.15, 0.2) is 12.6 Å². The topological polar surface area (TPSA) is 520 Å². The van der Waals surface area contributed by atoms with Crippen LogP contribution in [0, 0.1) is 0 Å². The Hall–Kier alpha value is -6.23. The van der Waals surface area contributed by atoms with E-state index in [2.05, 4.69) is 42.5 Å². The predicted molar refractivity (Wildman–Crippen MR) is 252 cm³/mol. The molecule has 0 saturated carbocycles. The molecule has 0 radical (unpaired) electrons. The van der Waals surface area contributed by atoms with Gasteiger partial charge in [-0.05, 0) is 53.4 Å². The van der Waals surface area contributed by atoms with Gasteiger partial charge in [-0.2, -0.15) is 0 Å². The molecule has 2 heterocycles. The van der Waals surface area contributed by atoms with Crippen LogP contribution in [0.2, 0.25) is 0 Å². The van der Waals surface area contributed by atoms with E-state index in [1.807, 2.05) is 0 Å². The number of carboxylic acids is 1. The lowest BCUT2D eigenvalue weighted by Crippen LogP contribution is -2.70. The van der Waals surface area contributed by atoms with Gasteiger partial charge in [0.25, 0.3) is 0 Å². The lowest BCUT2D eigenvalue weighted by molar-refractivity contribution is -0.333. The molecule has 32 nitrogen and oxygen atoms in total. The minimum atomic E-state index is -1.91. The fraction of sp³-hybridized carbons (Fsp3) is 0.744. The molecule has 0 aliphatic carbocycles. The number of nitrogens with two attached hydrogens (primary N) is 3. The van der Waals surface area contributed by atoms with Gasteiger partial charge in [-0.25, -0.2) is 0 Å². The predicted octanol–water partition coefficient (Wildman–Crippen LogP) is -9.37. The van der Waals surface area contributed by atoms with Crippen LogP contribution < -0.4 is 59.7 Å². The number of primary amides is 2. The van der Waals surface area contributed by atoms with Crippen LogP contribution >= 0.6 is 0 Å². The summed E-state index contributed by atoms with van der Waals surface area (Å²) in [6.07, 6.45) is -16.0. The Bertz CT molecular complexity index is 2020. The molecule has 2 saturated heterocycles. The van der Waals surface area contributed by atoms with E-state index in [4.69, 9.17) is 41.3 Å². The zero-order valence-corrected chi connectivity index (χ0v) is 42.2. The highest BCUT2D eigenvalue weighted by Crippen LogP contribution is 2.31. The van der Waals surface area contributed by atoms with E-state index in [1.165, 1.54) is 27.7 Å².